The molecule has 1 amide bonds. The van der Waals surface area contributed by atoms with Crippen molar-refractivity contribution in [2.75, 3.05) is 6.61 Å². The highest BCUT2D eigenvalue weighted by molar-refractivity contribution is 5.87. The van der Waals surface area contributed by atoms with E-state index in [4.69, 9.17) is 9.84 Å². The molecule has 0 aliphatic carbocycles. The minimum atomic E-state index is -4.49. The lowest BCUT2D eigenvalue weighted by Gasteiger charge is -2.25. The quantitative estimate of drug-likeness (QED) is 0.749. The van der Waals surface area contributed by atoms with E-state index < -0.39 is 35.6 Å². The van der Waals surface area contributed by atoms with Crippen LogP contribution in [-0.4, -0.2) is 23.6 Å². The Balaban J connectivity index is 2.08. The van der Waals surface area contributed by atoms with Gasteiger partial charge in [0.15, 0.2) is 6.61 Å². The zero-order valence-electron chi connectivity index (χ0n) is 15.3. The number of carboxylic acid groups (broad SMARTS) is 1. The Kier molecular flexibility index (Phi) is 6.33. The molecule has 2 aromatic carbocycles. The van der Waals surface area contributed by atoms with Gasteiger partial charge in [0.2, 0.25) is 5.91 Å². The van der Waals surface area contributed by atoms with Crippen LogP contribution in [0.15, 0.2) is 48.5 Å². The lowest BCUT2D eigenvalue weighted by Crippen LogP contribution is -2.39. The van der Waals surface area contributed by atoms with E-state index in [2.05, 4.69) is 5.32 Å². The molecule has 0 saturated carbocycles. The van der Waals surface area contributed by atoms with Crippen molar-refractivity contribution >= 4 is 11.9 Å². The van der Waals surface area contributed by atoms with E-state index in [0.29, 0.717) is 11.3 Å². The van der Waals surface area contributed by atoms with Crippen LogP contribution in [0, 0.1) is 0 Å². The van der Waals surface area contributed by atoms with Gasteiger partial charge in [-0.25, -0.2) is 4.79 Å². The second-order valence-electron chi connectivity index (χ2n) is 6.72. The topological polar surface area (TPSA) is 75.6 Å². The van der Waals surface area contributed by atoms with Crippen molar-refractivity contribution in [2.45, 2.75) is 32.0 Å². The molecule has 0 atom stereocenters. The third-order valence-corrected chi connectivity index (χ3v) is 4.19. The van der Waals surface area contributed by atoms with Gasteiger partial charge in [-0.15, -0.1) is 0 Å². The number of nitrogens with one attached hydrogen (secondary N) is 1. The van der Waals surface area contributed by atoms with E-state index in [1.165, 1.54) is 12.1 Å². The smallest absolute Gasteiger partial charge is 0.416 e. The molecule has 0 aliphatic heterocycles. The Morgan fingerprint density at radius 3 is 2.32 bits per heavy atom. The number of amides is 1. The molecular formula is C20H20F3NO4. The third kappa shape index (κ3) is 5.48. The Morgan fingerprint density at radius 1 is 1.04 bits per heavy atom. The molecule has 0 heterocycles. The predicted molar refractivity (Wildman–Crippen MR) is 95.9 cm³/mol. The van der Waals surface area contributed by atoms with Gasteiger partial charge in [0.1, 0.15) is 5.75 Å². The van der Waals surface area contributed by atoms with Gasteiger partial charge >= 0.3 is 12.1 Å². The van der Waals surface area contributed by atoms with Crippen LogP contribution < -0.4 is 10.1 Å². The highest BCUT2D eigenvalue weighted by Gasteiger charge is 2.34. The molecule has 0 unspecified atom stereocenters. The summed E-state index contributed by atoms with van der Waals surface area (Å²) >= 11 is 0. The van der Waals surface area contributed by atoms with Crippen LogP contribution in [0.25, 0.3) is 0 Å². The van der Waals surface area contributed by atoms with Gasteiger partial charge < -0.3 is 15.2 Å². The first-order valence-electron chi connectivity index (χ1n) is 8.39. The Bertz CT molecular complexity index is 863. The van der Waals surface area contributed by atoms with Crippen molar-refractivity contribution in [1.29, 1.82) is 0 Å². The van der Waals surface area contributed by atoms with E-state index >= 15 is 0 Å². The van der Waals surface area contributed by atoms with Gasteiger partial charge in [-0.05, 0) is 43.2 Å². The summed E-state index contributed by atoms with van der Waals surface area (Å²) in [5.74, 6) is -1.21. The summed E-state index contributed by atoms with van der Waals surface area (Å²) in [6.45, 7) is 2.72. The molecule has 2 rings (SSSR count). The van der Waals surface area contributed by atoms with Crippen molar-refractivity contribution in [1.82, 2.24) is 5.32 Å². The summed E-state index contributed by atoms with van der Waals surface area (Å²) in [5.41, 5.74) is -1.08. The average Bonchev–Trinajstić information content (AvgIpc) is 2.64. The van der Waals surface area contributed by atoms with Crippen molar-refractivity contribution in [3.05, 3.63) is 65.2 Å². The first-order chi connectivity index (χ1) is 13.0. The molecule has 2 N–H and O–H groups in total. The maximum Gasteiger partial charge on any atom is 0.416 e. The monoisotopic (exact) mass is 395 g/mol. The minimum Gasteiger partial charge on any atom is -0.482 e. The summed E-state index contributed by atoms with van der Waals surface area (Å²) < 4.78 is 43.9. The number of carboxylic acids is 1. The van der Waals surface area contributed by atoms with E-state index in [9.17, 15) is 22.8 Å². The second kappa shape index (κ2) is 8.33. The van der Waals surface area contributed by atoms with Gasteiger partial charge in [0, 0.05) is 6.54 Å². The summed E-state index contributed by atoms with van der Waals surface area (Å²) in [4.78, 5) is 23.1. The van der Waals surface area contributed by atoms with Crippen LogP contribution in [0.3, 0.4) is 0 Å². The summed E-state index contributed by atoms with van der Waals surface area (Å²) in [5, 5.41) is 11.3. The van der Waals surface area contributed by atoms with Gasteiger partial charge in [0.25, 0.3) is 0 Å². The van der Waals surface area contributed by atoms with Crippen molar-refractivity contribution in [3.63, 3.8) is 0 Å². The number of alkyl halides is 3. The predicted octanol–water partition coefficient (Wildman–Crippen LogP) is 3.76. The van der Waals surface area contributed by atoms with Crippen LogP contribution in [0.5, 0.6) is 5.75 Å². The zero-order valence-corrected chi connectivity index (χ0v) is 15.3. The number of aliphatic carboxylic acids is 1. The first kappa shape index (κ1) is 21.3. The van der Waals surface area contributed by atoms with Crippen LogP contribution in [0.1, 0.15) is 30.5 Å². The minimum absolute atomic E-state index is 0.117. The summed E-state index contributed by atoms with van der Waals surface area (Å²) in [7, 11) is 0. The van der Waals surface area contributed by atoms with Gasteiger partial charge in [-0.1, -0.05) is 30.3 Å². The molecule has 5 nitrogen and oxygen atoms in total. The second-order valence-corrected chi connectivity index (χ2v) is 6.72. The van der Waals surface area contributed by atoms with E-state index in [-0.39, 0.29) is 12.1 Å². The standard InChI is InChI=1S/C20H20F3NO4/c1-19(2,14-6-4-7-15(10-14)20(21,22)23)18(27)24-11-13-5-3-8-16(9-13)28-12-17(25)26/h3-10H,11-12H2,1-2H3,(H,24,27)(H,25,26). The molecule has 0 aliphatic rings. The van der Waals surface area contributed by atoms with Crippen molar-refractivity contribution in [3.8, 4) is 5.75 Å². The number of halogens is 3. The molecule has 0 bridgehead atoms. The van der Waals surface area contributed by atoms with E-state index in [1.807, 2.05) is 0 Å². The fourth-order valence-corrected chi connectivity index (χ4v) is 2.51. The largest absolute Gasteiger partial charge is 0.482 e. The first-order valence-corrected chi connectivity index (χ1v) is 8.39. The molecule has 0 spiro atoms. The number of hydrogen-bond acceptors (Lipinski definition) is 3. The molecule has 0 radical (unpaired) electrons. The molecule has 28 heavy (non-hydrogen) atoms. The number of carbonyl (C=O) groups excluding carboxylic acids is 1. The van der Waals surface area contributed by atoms with Crippen LogP contribution in [0.2, 0.25) is 0 Å². The van der Waals surface area contributed by atoms with E-state index in [1.54, 1.807) is 38.1 Å². The van der Waals surface area contributed by atoms with Crippen LogP contribution in [-0.2, 0) is 27.7 Å². The molecule has 0 aromatic heterocycles. The Morgan fingerprint density at radius 2 is 1.68 bits per heavy atom. The lowest BCUT2D eigenvalue weighted by molar-refractivity contribution is -0.139. The molecular weight excluding hydrogens is 375 g/mol. The van der Waals surface area contributed by atoms with Gasteiger partial charge in [-0.3, -0.25) is 4.79 Å². The SMILES string of the molecule is CC(C)(C(=O)NCc1cccc(OCC(=O)O)c1)c1cccc(C(F)(F)F)c1. The molecule has 150 valence electrons. The highest BCUT2D eigenvalue weighted by Crippen LogP contribution is 2.33. The Hall–Kier alpha value is -3.03. The Labute approximate surface area is 160 Å². The van der Waals surface area contributed by atoms with Crippen molar-refractivity contribution in [2.24, 2.45) is 0 Å². The van der Waals surface area contributed by atoms with Gasteiger partial charge in [-0.2, -0.15) is 13.2 Å². The maximum absolute atomic E-state index is 12.9. The van der Waals surface area contributed by atoms with Crippen molar-refractivity contribution < 1.29 is 32.6 Å². The molecule has 8 heteroatoms. The fourth-order valence-electron chi connectivity index (χ4n) is 2.51. The lowest BCUT2D eigenvalue weighted by atomic mass is 9.83. The number of rotatable bonds is 7. The molecule has 0 saturated heterocycles. The van der Waals surface area contributed by atoms with Crippen LogP contribution in [0.4, 0.5) is 13.2 Å². The number of ether oxygens (including phenoxy) is 1. The zero-order chi connectivity index (χ0) is 20.9. The molecule has 2 aromatic rings. The normalized spacial score (nSPS) is 11.8. The number of carbonyl (C=O) groups is 2. The fraction of sp³-hybridized carbons (Fsp3) is 0.300. The highest BCUT2D eigenvalue weighted by atomic mass is 19.4. The number of benzene rings is 2. The van der Waals surface area contributed by atoms with E-state index in [0.717, 1.165) is 12.1 Å². The molecule has 0 fully saturated rings. The van der Waals surface area contributed by atoms with Crippen LogP contribution >= 0.6 is 0 Å². The average molecular weight is 395 g/mol. The summed E-state index contributed by atoms with van der Waals surface area (Å²) in [6.07, 6.45) is -4.49. The number of hydrogen-bond donors (Lipinski definition) is 2. The summed E-state index contributed by atoms with van der Waals surface area (Å²) in [6, 6.07) is 11.2. The van der Waals surface area contributed by atoms with Gasteiger partial charge in [0.05, 0.1) is 11.0 Å². The maximum atomic E-state index is 12.9. The third-order valence-electron chi connectivity index (χ3n) is 4.19.